The molecule has 2 unspecified atom stereocenters. The van der Waals surface area contributed by atoms with E-state index in [1.807, 2.05) is 24.5 Å². The number of benzene rings is 2. The number of hydrogen-bond donors (Lipinski definition) is 4. The van der Waals surface area contributed by atoms with Crippen LogP contribution in [0, 0.1) is 0 Å². The normalized spacial score (nSPS) is 11.9. The minimum Gasteiger partial charge on any atom is -0.467 e. The summed E-state index contributed by atoms with van der Waals surface area (Å²) >= 11 is -0.0823. The van der Waals surface area contributed by atoms with Crippen LogP contribution in [0.3, 0.4) is 0 Å². The van der Waals surface area contributed by atoms with Crippen LogP contribution in [-0.2, 0) is 36.1 Å². The molecule has 0 radical (unpaired) electrons. The number of amides is 4. The maximum atomic E-state index is 13.2. The van der Waals surface area contributed by atoms with Crippen molar-refractivity contribution in [1.82, 2.24) is 40.9 Å². The van der Waals surface area contributed by atoms with Gasteiger partial charge in [0, 0.05) is 0 Å². The van der Waals surface area contributed by atoms with E-state index >= 15 is 0 Å². The number of hydroxylamine groups is 2. The molecule has 0 saturated carbocycles. The number of halogens is 9. The third-order valence-corrected chi connectivity index (χ3v) is 7.45. The number of carbonyl (C=O) groups is 2. The highest BCUT2D eigenvalue weighted by molar-refractivity contribution is 7.80. The quantitative estimate of drug-likeness (QED) is 0.0592. The highest BCUT2D eigenvalue weighted by atomic mass is 35.5. The van der Waals surface area contributed by atoms with Crippen molar-refractivity contribution < 1.29 is 80.6 Å². The molecule has 2 heterocycles. The maximum absolute atomic E-state index is 13.2. The Balaban J connectivity index is 0.000000391. The lowest BCUT2D eigenvalue weighted by Crippen LogP contribution is -2.31. The van der Waals surface area contributed by atoms with Gasteiger partial charge in [-0.15, -0.1) is 0 Å². The Hall–Kier alpha value is -5.85. The maximum Gasteiger partial charge on any atom is 0.387 e. The number of hydrogen-bond acceptors (Lipinski definition) is 16. The SMILES string of the molecule is CC.COc1nc(NC(=O)NOS(=O)c2ccccc2OC(F)F)nc(C(F)(F)Cl)n1.COc1nc(NC(=O)NOS(=O)c2ccccc2OC(F)F)nc(C(F)F)n1. The predicted octanol–water partition coefficient (Wildman–Crippen LogP) is 5.77. The van der Waals surface area contributed by atoms with Gasteiger partial charge < -0.3 is 18.9 Å². The summed E-state index contributed by atoms with van der Waals surface area (Å²) in [5, 5.41) is -0.160. The van der Waals surface area contributed by atoms with E-state index in [4.69, 9.17) is 11.6 Å². The third-order valence-electron chi connectivity index (χ3n) is 5.42. The van der Waals surface area contributed by atoms with Gasteiger partial charge in [0.05, 0.1) is 14.2 Å². The fraction of sp³-hybridized carbons (Fsp3) is 0.286. The Bertz CT molecular complexity index is 2050. The number of nitrogens with zero attached hydrogens (tertiary/aromatic N) is 6. The molecule has 4 aromatic rings. The molecule has 4 N–H and O–H groups in total. The van der Waals surface area contributed by atoms with Crippen molar-refractivity contribution in [3.8, 4) is 23.5 Å². The highest BCUT2D eigenvalue weighted by Crippen LogP contribution is 2.31. The Morgan fingerprint density at radius 3 is 1.46 bits per heavy atom. The molecule has 2 atom stereocenters. The Morgan fingerprint density at radius 1 is 0.661 bits per heavy atom. The summed E-state index contributed by atoms with van der Waals surface area (Å²) in [6, 6.07) is 6.47. The van der Waals surface area contributed by atoms with E-state index < -0.39 is 106 Å². The van der Waals surface area contributed by atoms with Gasteiger partial charge in [0.25, 0.3) is 6.43 Å². The van der Waals surface area contributed by atoms with E-state index in [0.29, 0.717) is 0 Å². The lowest BCUT2D eigenvalue weighted by molar-refractivity contribution is -0.0525. The van der Waals surface area contributed by atoms with Gasteiger partial charge in [0.2, 0.25) is 45.7 Å². The topological polar surface area (TPSA) is 249 Å². The van der Waals surface area contributed by atoms with Crippen molar-refractivity contribution in [2.45, 2.75) is 48.7 Å². The van der Waals surface area contributed by atoms with E-state index in [0.717, 1.165) is 32.4 Å². The van der Waals surface area contributed by atoms with Crippen LogP contribution in [0.15, 0.2) is 58.3 Å². The monoisotopic (exact) mass is 914 g/mol. The van der Waals surface area contributed by atoms with Crippen molar-refractivity contribution >= 4 is 57.7 Å². The number of carbonyl (C=O) groups excluding carboxylic acids is 2. The Labute approximate surface area is 335 Å². The van der Waals surface area contributed by atoms with Crippen LogP contribution in [0.5, 0.6) is 23.5 Å². The number of alkyl halides is 9. The number of nitrogens with one attached hydrogen (secondary N) is 4. The first kappa shape index (κ1) is 49.3. The van der Waals surface area contributed by atoms with E-state index in [-0.39, 0.29) is 9.79 Å². The second-order valence-corrected chi connectivity index (χ2v) is 11.8. The van der Waals surface area contributed by atoms with Gasteiger partial charge in [-0.25, -0.2) is 37.7 Å². The molecule has 0 aliphatic heterocycles. The number of para-hydroxylation sites is 2. The molecule has 324 valence electrons. The van der Waals surface area contributed by atoms with Crippen molar-refractivity contribution in [2.24, 2.45) is 0 Å². The minimum absolute atomic E-state index is 0.287. The van der Waals surface area contributed by atoms with Crippen molar-refractivity contribution in [3.05, 3.63) is 60.2 Å². The molecule has 0 bridgehead atoms. The summed E-state index contributed by atoms with van der Waals surface area (Å²) in [6.07, 6.45) is -3.06. The fourth-order valence-corrected chi connectivity index (χ4v) is 4.81. The number of ether oxygens (including phenoxy) is 4. The lowest BCUT2D eigenvalue weighted by Gasteiger charge is -2.11. The summed E-state index contributed by atoms with van der Waals surface area (Å²) in [4.78, 5) is 43.0. The van der Waals surface area contributed by atoms with Gasteiger partial charge in [-0.2, -0.15) is 64.8 Å². The molecule has 0 spiro atoms. The second-order valence-electron chi connectivity index (χ2n) is 9.17. The Morgan fingerprint density at radius 2 is 1.07 bits per heavy atom. The van der Waals surface area contributed by atoms with Gasteiger partial charge in [-0.3, -0.25) is 10.6 Å². The second kappa shape index (κ2) is 24.2. The molecule has 0 aliphatic rings. The number of anilines is 2. The van der Waals surface area contributed by atoms with Crippen LogP contribution >= 0.6 is 11.6 Å². The molecular formula is C28H27ClF8N10O10S2. The molecule has 4 amide bonds. The van der Waals surface area contributed by atoms with Crippen LogP contribution < -0.4 is 40.5 Å². The predicted molar refractivity (Wildman–Crippen MR) is 184 cm³/mol. The van der Waals surface area contributed by atoms with E-state index in [2.05, 4.69) is 57.4 Å². The average Bonchev–Trinajstić information content (AvgIpc) is 3.19. The fourth-order valence-electron chi connectivity index (χ4n) is 3.31. The number of urea groups is 2. The van der Waals surface area contributed by atoms with Crippen molar-refractivity contribution in [1.29, 1.82) is 0 Å². The summed E-state index contributed by atoms with van der Waals surface area (Å²) in [6.45, 7) is -2.35. The van der Waals surface area contributed by atoms with Crippen molar-refractivity contribution in [2.75, 3.05) is 24.9 Å². The highest BCUT2D eigenvalue weighted by Gasteiger charge is 2.34. The zero-order valence-corrected chi connectivity index (χ0v) is 32.2. The summed E-state index contributed by atoms with van der Waals surface area (Å²) < 4.78 is 152. The first-order valence-electron chi connectivity index (χ1n) is 15.2. The lowest BCUT2D eigenvalue weighted by atomic mass is 10.3. The molecule has 2 aromatic carbocycles. The van der Waals surface area contributed by atoms with Crippen LogP contribution in [0.4, 0.5) is 56.6 Å². The number of rotatable bonds is 16. The number of aromatic nitrogens is 6. The average molecular weight is 915 g/mol. The Kier molecular flexibility index (Phi) is 20.2. The first-order valence-corrected chi connectivity index (χ1v) is 17.8. The van der Waals surface area contributed by atoms with E-state index in [9.17, 15) is 53.1 Å². The number of methoxy groups -OCH3 is 2. The molecule has 0 fully saturated rings. The molecule has 31 heteroatoms. The molecule has 0 saturated heterocycles. The van der Waals surface area contributed by atoms with Gasteiger partial charge in [-0.05, 0) is 35.9 Å². The van der Waals surface area contributed by atoms with E-state index in [1.54, 1.807) is 11.0 Å². The van der Waals surface area contributed by atoms with Crippen LogP contribution in [0.25, 0.3) is 0 Å². The summed E-state index contributed by atoms with van der Waals surface area (Å²) in [5.41, 5.74) is 3.32. The molecule has 59 heavy (non-hydrogen) atoms. The largest absolute Gasteiger partial charge is 0.467 e. The molecule has 0 aliphatic carbocycles. The first-order chi connectivity index (χ1) is 27.9. The molecule has 4 rings (SSSR count). The molecular weight excluding hydrogens is 888 g/mol. The zero-order chi connectivity index (χ0) is 44.3. The smallest absolute Gasteiger partial charge is 0.387 e. The molecule has 20 nitrogen and oxygen atoms in total. The van der Waals surface area contributed by atoms with Gasteiger partial charge in [-0.1, -0.05) is 38.1 Å². The summed E-state index contributed by atoms with van der Waals surface area (Å²) in [5.74, 6) is -4.33. The minimum atomic E-state index is -3.98. The standard InChI is InChI=1S/C13H10ClF4N5O5S.C13H11F4N5O5S.C2H6/c1-26-12-20-8(13(14,17)18)19-10(22-12)21-11(24)23-28-29(25)7-5-3-2-4-6(7)27-9(15)16;1-25-13-19-9(8(14)15)18-11(21-13)20-12(23)22-27-28(24)7-5-3-2-4-6(7)26-10(16)17;1-2/h2-5,9H,1H3,(H2,19,20,21,22,23,24);2-5,8,10H,1H3,(H2,18,19,20,21,22,23);1-2H3. The van der Waals surface area contributed by atoms with Gasteiger partial charge in [0.15, 0.2) is 0 Å². The van der Waals surface area contributed by atoms with Gasteiger partial charge >= 0.3 is 42.7 Å². The molecule has 2 aromatic heterocycles. The third kappa shape index (κ3) is 16.9. The van der Waals surface area contributed by atoms with Crippen LogP contribution in [0.1, 0.15) is 31.9 Å². The van der Waals surface area contributed by atoms with Crippen LogP contribution in [-0.4, -0.2) is 77.8 Å². The van der Waals surface area contributed by atoms with Gasteiger partial charge in [0.1, 0.15) is 21.3 Å². The van der Waals surface area contributed by atoms with Crippen molar-refractivity contribution in [3.63, 3.8) is 0 Å². The van der Waals surface area contributed by atoms with E-state index in [1.165, 1.54) is 30.3 Å². The summed E-state index contributed by atoms with van der Waals surface area (Å²) in [7, 11) is 2.18. The zero-order valence-electron chi connectivity index (χ0n) is 29.8. The van der Waals surface area contributed by atoms with Crippen LogP contribution in [0.2, 0.25) is 0 Å².